The van der Waals surface area contributed by atoms with Crippen molar-refractivity contribution in [1.29, 1.82) is 0 Å². The Labute approximate surface area is 126 Å². The first kappa shape index (κ1) is 18.0. The molecular formula is C18H37NO. The third-order valence-electron chi connectivity index (χ3n) is 5.54. The molecule has 2 nitrogen and oxygen atoms in total. The lowest BCUT2D eigenvalue weighted by molar-refractivity contribution is 0.0167. The van der Waals surface area contributed by atoms with Crippen LogP contribution in [-0.4, -0.2) is 35.7 Å². The van der Waals surface area contributed by atoms with Gasteiger partial charge in [-0.1, -0.05) is 47.5 Å². The molecule has 0 spiro atoms. The Morgan fingerprint density at radius 2 is 1.75 bits per heavy atom. The second-order valence-electron chi connectivity index (χ2n) is 7.18. The molecule has 0 aromatic heterocycles. The van der Waals surface area contributed by atoms with Gasteiger partial charge in [0, 0.05) is 13.1 Å². The van der Waals surface area contributed by atoms with Gasteiger partial charge in [-0.15, -0.1) is 0 Å². The molecule has 1 rings (SSSR count). The maximum Gasteiger partial charge on any atom is 0.0580 e. The minimum Gasteiger partial charge on any atom is -0.393 e. The summed E-state index contributed by atoms with van der Waals surface area (Å²) in [5.41, 5.74) is 0. The van der Waals surface area contributed by atoms with Crippen LogP contribution in [0.4, 0.5) is 0 Å². The Morgan fingerprint density at radius 3 is 2.25 bits per heavy atom. The molecule has 1 N–H and O–H groups in total. The van der Waals surface area contributed by atoms with E-state index in [1.54, 1.807) is 0 Å². The van der Waals surface area contributed by atoms with Crippen molar-refractivity contribution in [3.8, 4) is 0 Å². The van der Waals surface area contributed by atoms with E-state index in [0.29, 0.717) is 5.92 Å². The Balaban J connectivity index is 2.53. The van der Waals surface area contributed by atoms with Gasteiger partial charge in [0.05, 0.1) is 6.10 Å². The molecule has 2 heteroatoms. The van der Waals surface area contributed by atoms with Crippen LogP contribution >= 0.6 is 0 Å². The van der Waals surface area contributed by atoms with E-state index in [9.17, 15) is 5.11 Å². The third-order valence-corrected chi connectivity index (χ3v) is 5.54. The van der Waals surface area contributed by atoms with Gasteiger partial charge >= 0.3 is 0 Å². The first-order valence-electron chi connectivity index (χ1n) is 8.92. The zero-order valence-electron chi connectivity index (χ0n) is 14.4. The molecule has 0 bridgehead atoms. The van der Waals surface area contributed by atoms with Crippen LogP contribution in [0.1, 0.15) is 66.7 Å². The molecule has 0 radical (unpaired) electrons. The predicted octanol–water partition coefficient (Wildman–Crippen LogP) is 4.18. The van der Waals surface area contributed by atoms with Crippen molar-refractivity contribution in [2.45, 2.75) is 72.8 Å². The molecule has 0 saturated heterocycles. The zero-order valence-corrected chi connectivity index (χ0v) is 14.4. The number of nitrogens with zero attached hydrogens (tertiary/aromatic N) is 1. The summed E-state index contributed by atoms with van der Waals surface area (Å²) < 4.78 is 0. The van der Waals surface area contributed by atoms with Crippen LogP contribution in [0.5, 0.6) is 0 Å². The summed E-state index contributed by atoms with van der Waals surface area (Å²) >= 11 is 0. The van der Waals surface area contributed by atoms with Crippen molar-refractivity contribution in [1.82, 2.24) is 4.90 Å². The van der Waals surface area contributed by atoms with Gasteiger partial charge in [0.2, 0.25) is 0 Å². The molecule has 3 atom stereocenters. The van der Waals surface area contributed by atoms with Gasteiger partial charge in [-0.05, 0) is 49.5 Å². The maximum atomic E-state index is 10.3. The fourth-order valence-electron chi connectivity index (χ4n) is 3.66. The highest BCUT2D eigenvalue weighted by atomic mass is 16.3. The SMILES string of the molecule is CCC(CC)CN(CC)CC1CC(C(C)C)CCC1O. The average Bonchev–Trinajstić information content (AvgIpc) is 2.45. The van der Waals surface area contributed by atoms with Crippen molar-refractivity contribution < 1.29 is 5.11 Å². The molecule has 0 aliphatic heterocycles. The molecule has 0 amide bonds. The molecule has 120 valence electrons. The van der Waals surface area contributed by atoms with Crippen LogP contribution in [0.15, 0.2) is 0 Å². The molecule has 1 aliphatic rings. The highest BCUT2D eigenvalue weighted by Crippen LogP contribution is 2.34. The standard InChI is InChI=1S/C18H37NO/c1-6-15(7-2)12-19(8-3)13-17-11-16(14(4)5)9-10-18(17)20/h14-18,20H,6-13H2,1-5H3. The van der Waals surface area contributed by atoms with E-state index in [4.69, 9.17) is 0 Å². The third kappa shape index (κ3) is 5.37. The summed E-state index contributed by atoms with van der Waals surface area (Å²) in [6.07, 6.45) is 5.92. The van der Waals surface area contributed by atoms with Crippen LogP contribution in [0.2, 0.25) is 0 Å². The Hall–Kier alpha value is -0.0800. The minimum absolute atomic E-state index is 0.0687. The van der Waals surface area contributed by atoms with Gasteiger partial charge in [-0.2, -0.15) is 0 Å². The number of hydrogen-bond acceptors (Lipinski definition) is 2. The van der Waals surface area contributed by atoms with Crippen molar-refractivity contribution in [3.05, 3.63) is 0 Å². The van der Waals surface area contributed by atoms with Crippen LogP contribution in [0, 0.1) is 23.7 Å². The fraction of sp³-hybridized carbons (Fsp3) is 1.00. The maximum absolute atomic E-state index is 10.3. The summed E-state index contributed by atoms with van der Waals surface area (Å²) in [5, 5.41) is 10.3. The van der Waals surface area contributed by atoms with Crippen LogP contribution in [0.25, 0.3) is 0 Å². The highest BCUT2D eigenvalue weighted by molar-refractivity contribution is 4.83. The molecule has 1 fully saturated rings. The summed E-state index contributed by atoms with van der Waals surface area (Å²) in [4.78, 5) is 2.58. The van der Waals surface area contributed by atoms with E-state index in [-0.39, 0.29) is 6.10 Å². The summed E-state index contributed by atoms with van der Waals surface area (Å²) in [6.45, 7) is 14.9. The molecule has 1 saturated carbocycles. The number of hydrogen-bond donors (Lipinski definition) is 1. The van der Waals surface area contributed by atoms with Crippen molar-refractivity contribution in [3.63, 3.8) is 0 Å². The lowest BCUT2D eigenvalue weighted by Crippen LogP contribution is -2.41. The molecule has 1 aliphatic carbocycles. The number of aliphatic hydroxyl groups excluding tert-OH is 1. The number of aliphatic hydroxyl groups is 1. The summed E-state index contributed by atoms with van der Waals surface area (Å²) in [5.74, 6) is 2.89. The lowest BCUT2D eigenvalue weighted by Gasteiger charge is -2.38. The first-order chi connectivity index (χ1) is 9.51. The van der Waals surface area contributed by atoms with Gasteiger partial charge < -0.3 is 10.0 Å². The van der Waals surface area contributed by atoms with Crippen LogP contribution < -0.4 is 0 Å². The van der Waals surface area contributed by atoms with Crippen molar-refractivity contribution in [2.75, 3.05) is 19.6 Å². The van der Waals surface area contributed by atoms with E-state index in [1.807, 2.05) is 0 Å². The highest BCUT2D eigenvalue weighted by Gasteiger charge is 2.31. The molecular weight excluding hydrogens is 246 g/mol. The zero-order chi connectivity index (χ0) is 15.1. The second kappa shape index (κ2) is 9.04. The molecule has 20 heavy (non-hydrogen) atoms. The monoisotopic (exact) mass is 283 g/mol. The van der Waals surface area contributed by atoms with Gasteiger partial charge in [0.1, 0.15) is 0 Å². The van der Waals surface area contributed by atoms with Crippen molar-refractivity contribution >= 4 is 0 Å². The second-order valence-corrected chi connectivity index (χ2v) is 7.18. The Bertz CT molecular complexity index is 250. The smallest absolute Gasteiger partial charge is 0.0580 e. The summed E-state index contributed by atoms with van der Waals surface area (Å²) in [6, 6.07) is 0. The van der Waals surface area contributed by atoms with Gasteiger partial charge in [-0.3, -0.25) is 0 Å². The lowest BCUT2D eigenvalue weighted by atomic mass is 9.74. The van der Waals surface area contributed by atoms with Crippen LogP contribution in [-0.2, 0) is 0 Å². The van der Waals surface area contributed by atoms with E-state index in [2.05, 4.69) is 39.5 Å². The van der Waals surface area contributed by atoms with E-state index in [1.165, 1.54) is 32.2 Å². The van der Waals surface area contributed by atoms with Crippen molar-refractivity contribution in [2.24, 2.45) is 23.7 Å². The largest absolute Gasteiger partial charge is 0.393 e. The molecule has 0 aromatic rings. The summed E-state index contributed by atoms with van der Waals surface area (Å²) in [7, 11) is 0. The Morgan fingerprint density at radius 1 is 1.10 bits per heavy atom. The van der Waals surface area contributed by atoms with E-state index < -0.39 is 0 Å². The van der Waals surface area contributed by atoms with Gasteiger partial charge in [0.25, 0.3) is 0 Å². The first-order valence-corrected chi connectivity index (χ1v) is 8.92. The van der Waals surface area contributed by atoms with Gasteiger partial charge in [0.15, 0.2) is 0 Å². The minimum atomic E-state index is -0.0687. The molecule has 3 unspecified atom stereocenters. The topological polar surface area (TPSA) is 23.5 Å². The average molecular weight is 283 g/mol. The van der Waals surface area contributed by atoms with E-state index >= 15 is 0 Å². The quantitative estimate of drug-likeness (QED) is 0.722. The van der Waals surface area contributed by atoms with E-state index in [0.717, 1.165) is 37.3 Å². The normalized spacial score (nSPS) is 27.8. The molecule has 0 heterocycles. The Kier molecular flexibility index (Phi) is 8.13. The number of rotatable bonds is 8. The predicted molar refractivity (Wildman–Crippen MR) is 87.9 cm³/mol. The fourth-order valence-corrected chi connectivity index (χ4v) is 3.66. The molecule has 0 aromatic carbocycles. The van der Waals surface area contributed by atoms with Gasteiger partial charge in [-0.25, -0.2) is 0 Å². The van der Waals surface area contributed by atoms with Crippen LogP contribution in [0.3, 0.4) is 0 Å².